The van der Waals surface area contributed by atoms with Gasteiger partial charge in [-0.15, -0.1) is 0 Å². The fraction of sp³-hybridized carbons (Fsp3) is 0.625. The lowest BCUT2D eigenvalue weighted by Crippen LogP contribution is -2.31. The second-order valence-electron chi connectivity index (χ2n) is 5.45. The zero-order valence-electron chi connectivity index (χ0n) is 12.4. The summed E-state index contributed by atoms with van der Waals surface area (Å²) in [6.45, 7) is 7.89. The van der Waals surface area contributed by atoms with E-state index in [4.69, 9.17) is 4.74 Å². The molecule has 0 aliphatic heterocycles. The highest BCUT2D eigenvalue weighted by molar-refractivity contribution is 5.22. The normalized spacial score (nSPS) is 14.6. The van der Waals surface area contributed by atoms with Gasteiger partial charge in [0.1, 0.15) is 5.82 Å². The molecule has 1 N–H and O–H groups in total. The molecule has 2 atom stereocenters. The monoisotopic (exact) mass is 267 g/mol. The third kappa shape index (κ3) is 5.29. The van der Waals surface area contributed by atoms with E-state index >= 15 is 0 Å². The topological polar surface area (TPSA) is 21.3 Å². The molecule has 0 amide bonds. The Morgan fingerprint density at radius 2 is 1.89 bits per heavy atom. The van der Waals surface area contributed by atoms with Crippen molar-refractivity contribution in [3.05, 3.63) is 35.6 Å². The molecule has 3 heteroatoms. The Hall–Kier alpha value is -0.930. The van der Waals surface area contributed by atoms with Crippen LogP contribution in [0.2, 0.25) is 0 Å². The smallest absolute Gasteiger partial charge is 0.126 e. The molecule has 0 aliphatic carbocycles. The highest BCUT2D eigenvalue weighted by Crippen LogP contribution is 2.28. The summed E-state index contributed by atoms with van der Waals surface area (Å²) < 4.78 is 19.1. The van der Waals surface area contributed by atoms with Gasteiger partial charge in [-0.3, -0.25) is 0 Å². The Labute approximate surface area is 116 Å². The number of rotatable bonds is 8. The molecule has 0 radical (unpaired) electrons. The number of hydrogen-bond donors (Lipinski definition) is 1. The molecule has 0 fully saturated rings. The van der Waals surface area contributed by atoms with Crippen LogP contribution in [0.3, 0.4) is 0 Å². The standard InChI is InChI=1S/C16H26FNO/c1-12(2)18-11-15(13(3)9-10-19-4)14-7-5-6-8-16(14)17/h5-8,12-13,15,18H,9-11H2,1-4H3. The molecule has 1 aromatic rings. The van der Waals surface area contributed by atoms with Gasteiger partial charge in [0.05, 0.1) is 0 Å². The molecule has 0 saturated carbocycles. The maximum atomic E-state index is 14.0. The maximum Gasteiger partial charge on any atom is 0.126 e. The van der Waals surface area contributed by atoms with Crippen molar-refractivity contribution in [1.29, 1.82) is 0 Å². The molecule has 0 saturated heterocycles. The van der Waals surface area contributed by atoms with Crippen LogP contribution < -0.4 is 5.32 Å². The fourth-order valence-electron chi connectivity index (χ4n) is 2.26. The van der Waals surface area contributed by atoms with Crippen molar-refractivity contribution in [2.75, 3.05) is 20.3 Å². The first-order valence-electron chi connectivity index (χ1n) is 7.03. The predicted molar refractivity (Wildman–Crippen MR) is 77.9 cm³/mol. The summed E-state index contributed by atoms with van der Waals surface area (Å²) in [5, 5.41) is 3.42. The molecule has 19 heavy (non-hydrogen) atoms. The number of hydrogen-bond acceptors (Lipinski definition) is 2. The summed E-state index contributed by atoms with van der Waals surface area (Å²) >= 11 is 0. The van der Waals surface area contributed by atoms with Gasteiger partial charge in [0.25, 0.3) is 0 Å². The largest absolute Gasteiger partial charge is 0.385 e. The minimum Gasteiger partial charge on any atom is -0.385 e. The lowest BCUT2D eigenvalue weighted by atomic mass is 9.85. The summed E-state index contributed by atoms with van der Waals surface area (Å²) in [6.07, 6.45) is 0.940. The van der Waals surface area contributed by atoms with Crippen molar-refractivity contribution in [3.63, 3.8) is 0 Å². The molecular formula is C16H26FNO. The third-order valence-electron chi connectivity index (χ3n) is 3.51. The molecule has 0 bridgehead atoms. The zero-order valence-corrected chi connectivity index (χ0v) is 12.4. The van der Waals surface area contributed by atoms with E-state index < -0.39 is 0 Å². The van der Waals surface area contributed by atoms with Crippen molar-refractivity contribution < 1.29 is 9.13 Å². The lowest BCUT2D eigenvalue weighted by Gasteiger charge is -2.26. The highest BCUT2D eigenvalue weighted by Gasteiger charge is 2.22. The Morgan fingerprint density at radius 1 is 1.21 bits per heavy atom. The number of nitrogens with one attached hydrogen (secondary N) is 1. The van der Waals surface area contributed by atoms with Gasteiger partial charge >= 0.3 is 0 Å². The molecule has 0 aromatic heterocycles. The minimum atomic E-state index is -0.109. The van der Waals surface area contributed by atoms with Crippen LogP contribution in [-0.2, 0) is 4.74 Å². The fourth-order valence-corrected chi connectivity index (χ4v) is 2.26. The summed E-state index contributed by atoms with van der Waals surface area (Å²) in [5.41, 5.74) is 0.805. The van der Waals surface area contributed by atoms with Gasteiger partial charge < -0.3 is 10.1 Å². The number of ether oxygens (including phenoxy) is 1. The number of methoxy groups -OCH3 is 1. The number of halogens is 1. The second-order valence-corrected chi connectivity index (χ2v) is 5.45. The predicted octanol–water partition coefficient (Wildman–Crippen LogP) is 3.58. The first-order valence-corrected chi connectivity index (χ1v) is 7.03. The summed E-state index contributed by atoms with van der Waals surface area (Å²) in [5.74, 6) is 0.448. The average molecular weight is 267 g/mol. The first-order chi connectivity index (χ1) is 9.06. The summed E-state index contributed by atoms with van der Waals surface area (Å²) in [7, 11) is 1.71. The Kier molecular flexibility index (Phi) is 7.03. The van der Waals surface area contributed by atoms with Crippen LogP contribution in [0, 0.1) is 11.7 Å². The molecule has 2 unspecified atom stereocenters. The zero-order chi connectivity index (χ0) is 14.3. The van der Waals surface area contributed by atoms with E-state index in [0.717, 1.165) is 18.5 Å². The minimum absolute atomic E-state index is 0.109. The third-order valence-corrected chi connectivity index (χ3v) is 3.51. The van der Waals surface area contributed by atoms with Crippen molar-refractivity contribution >= 4 is 0 Å². The molecule has 0 aliphatic rings. The van der Waals surface area contributed by atoms with E-state index in [1.165, 1.54) is 0 Å². The van der Waals surface area contributed by atoms with Gasteiger partial charge in [-0.1, -0.05) is 39.0 Å². The molecule has 1 aromatic carbocycles. The summed E-state index contributed by atoms with van der Waals surface area (Å²) in [6, 6.07) is 7.49. The quantitative estimate of drug-likeness (QED) is 0.777. The molecule has 108 valence electrons. The van der Waals surface area contributed by atoms with E-state index in [0.29, 0.717) is 18.6 Å². The van der Waals surface area contributed by atoms with Crippen LogP contribution in [0.1, 0.15) is 38.7 Å². The van der Waals surface area contributed by atoms with E-state index in [1.807, 2.05) is 12.1 Å². The maximum absolute atomic E-state index is 14.0. The number of benzene rings is 1. The molecule has 1 rings (SSSR count). The van der Waals surface area contributed by atoms with Crippen LogP contribution in [-0.4, -0.2) is 26.3 Å². The van der Waals surface area contributed by atoms with Crippen molar-refractivity contribution in [2.45, 2.75) is 39.2 Å². The van der Waals surface area contributed by atoms with E-state index in [2.05, 4.69) is 26.1 Å². The molecule has 2 nitrogen and oxygen atoms in total. The van der Waals surface area contributed by atoms with Crippen molar-refractivity contribution in [3.8, 4) is 0 Å². The van der Waals surface area contributed by atoms with E-state index in [9.17, 15) is 4.39 Å². The second kappa shape index (κ2) is 8.28. The Bertz CT molecular complexity index is 368. The van der Waals surface area contributed by atoms with Crippen LogP contribution in [0.4, 0.5) is 4.39 Å². The Balaban J connectivity index is 2.82. The summed E-state index contributed by atoms with van der Waals surface area (Å²) in [4.78, 5) is 0. The van der Waals surface area contributed by atoms with Gasteiger partial charge in [0.2, 0.25) is 0 Å². The van der Waals surface area contributed by atoms with E-state index in [1.54, 1.807) is 19.2 Å². The van der Waals surface area contributed by atoms with Gasteiger partial charge in [-0.05, 0) is 24.0 Å². The molecule has 0 heterocycles. The first kappa shape index (κ1) is 16.1. The van der Waals surface area contributed by atoms with Crippen LogP contribution in [0.25, 0.3) is 0 Å². The lowest BCUT2D eigenvalue weighted by molar-refractivity contribution is 0.173. The van der Waals surface area contributed by atoms with Crippen LogP contribution >= 0.6 is 0 Å². The molecular weight excluding hydrogens is 241 g/mol. The Morgan fingerprint density at radius 3 is 2.47 bits per heavy atom. The van der Waals surface area contributed by atoms with Crippen LogP contribution in [0.15, 0.2) is 24.3 Å². The van der Waals surface area contributed by atoms with Gasteiger partial charge in [-0.2, -0.15) is 0 Å². The molecule has 0 spiro atoms. The van der Waals surface area contributed by atoms with Gasteiger partial charge in [-0.25, -0.2) is 4.39 Å². The van der Waals surface area contributed by atoms with Crippen molar-refractivity contribution in [1.82, 2.24) is 5.32 Å². The highest BCUT2D eigenvalue weighted by atomic mass is 19.1. The van der Waals surface area contributed by atoms with E-state index in [-0.39, 0.29) is 11.7 Å². The van der Waals surface area contributed by atoms with Crippen LogP contribution in [0.5, 0.6) is 0 Å². The SMILES string of the molecule is COCCC(C)C(CNC(C)C)c1ccccc1F. The van der Waals surface area contributed by atoms with Crippen molar-refractivity contribution in [2.24, 2.45) is 5.92 Å². The van der Waals surface area contributed by atoms with Gasteiger partial charge in [0.15, 0.2) is 0 Å². The average Bonchev–Trinajstić information content (AvgIpc) is 2.38. The van der Waals surface area contributed by atoms with Gasteiger partial charge in [0, 0.05) is 32.2 Å².